The number of rotatable bonds is 6. The van der Waals surface area contributed by atoms with Crippen LogP contribution in [0.2, 0.25) is 5.02 Å². The second kappa shape index (κ2) is 9.03. The highest BCUT2D eigenvalue weighted by molar-refractivity contribution is 6.33. The van der Waals surface area contributed by atoms with Crippen LogP contribution in [0.1, 0.15) is 32.1 Å². The molecule has 25 heavy (non-hydrogen) atoms. The molecule has 1 aromatic rings. The van der Waals surface area contributed by atoms with Crippen LogP contribution in [0.5, 0.6) is 0 Å². The highest BCUT2D eigenvalue weighted by atomic mass is 35.5. The summed E-state index contributed by atoms with van der Waals surface area (Å²) in [5, 5.41) is 18.7. The molecule has 0 spiro atoms. The van der Waals surface area contributed by atoms with Crippen molar-refractivity contribution in [3.8, 4) is 0 Å². The number of benzene rings is 1. The number of anilines is 2. The second-order valence-electron chi connectivity index (χ2n) is 6.27. The van der Waals surface area contributed by atoms with Crippen LogP contribution in [0.25, 0.3) is 0 Å². The Morgan fingerprint density at radius 3 is 2.64 bits per heavy atom. The molecule has 0 aliphatic heterocycles. The fourth-order valence-corrected chi connectivity index (χ4v) is 2.99. The van der Waals surface area contributed by atoms with Crippen LogP contribution in [-0.4, -0.2) is 42.9 Å². The zero-order valence-electron chi connectivity index (χ0n) is 14.2. The van der Waals surface area contributed by atoms with Gasteiger partial charge in [0, 0.05) is 19.3 Å². The molecular formula is C17H24ClN3O4. The van der Waals surface area contributed by atoms with Gasteiger partial charge in [0.15, 0.2) is 0 Å². The molecule has 1 aromatic carbocycles. The zero-order chi connectivity index (χ0) is 18.3. The third kappa shape index (κ3) is 6.19. The third-order valence-corrected chi connectivity index (χ3v) is 4.47. The number of hydrogen-bond acceptors (Lipinski definition) is 4. The molecule has 0 radical (unpaired) electrons. The SMILES string of the molecule is COCC(=O)Nc1ccc(Cl)c(NC(=O)NCC2(O)CCCCC2)c1. The standard InChI is InChI=1S/C17H24ClN3O4/c1-25-10-15(22)20-12-5-6-13(18)14(9-12)21-16(23)19-11-17(24)7-3-2-4-8-17/h5-6,9,24H,2-4,7-8,10-11H2,1H3,(H,20,22)(H2,19,21,23). The van der Waals surface area contributed by atoms with E-state index in [0.29, 0.717) is 29.2 Å². The molecule has 2 rings (SSSR count). The summed E-state index contributed by atoms with van der Waals surface area (Å²) in [6, 6.07) is 4.31. The molecule has 1 fully saturated rings. The van der Waals surface area contributed by atoms with Gasteiger partial charge in [0.25, 0.3) is 0 Å². The van der Waals surface area contributed by atoms with Gasteiger partial charge in [0.1, 0.15) is 6.61 Å². The topological polar surface area (TPSA) is 99.7 Å². The molecule has 1 saturated carbocycles. The lowest BCUT2D eigenvalue weighted by molar-refractivity contribution is -0.119. The minimum atomic E-state index is -0.838. The predicted molar refractivity (Wildman–Crippen MR) is 97.0 cm³/mol. The first kappa shape index (κ1) is 19.5. The molecule has 0 aromatic heterocycles. The van der Waals surface area contributed by atoms with E-state index in [9.17, 15) is 14.7 Å². The lowest BCUT2D eigenvalue weighted by Crippen LogP contribution is -2.45. The number of nitrogens with one attached hydrogen (secondary N) is 3. The maximum atomic E-state index is 12.1. The molecule has 0 unspecified atom stereocenters. The summed E-state index contributed by atoms with van der Waals surface area (Å²) < 4.78 is 4.75. The minimum absolute atomic E-state index is 0.0650. The van der Waals surface area contributed by atoms with Crippen molar-refractivity contribution in [3.05, 3.63) is 23.2 Å². The molecule has 0 atom stereocenters. The van der Waals surface area contributed by atoms with Crippen LogP contribution >= 0.6 is 11.6 Å². The molecule has 0 bridgehead atoms. The average Bonchev–Trinajstić information content (AvgIpc) is 2.57. The Morgan fingerprint density at radius 1 is 1.24 bits per heavy atom. The second-order valence-corrected chi connectivity index (χ2v) is 6.68. The molecule has 138 valence electrons. The predicted octanol–water partition coefficient (Wildman–Crippen LogP) is 2.74. The molecule has 0 heterocycles. The molecule has 1 aliphatic carbocycles. The van der Waals surface area contributed by atoms with Gasteiger partial charge in [-0.3, -0.25) is 4.79 Å². The number of amides is 3. The van der Waals surface area contributed by atoms with Gasteiger partial charge in [0.05, 0.1) is 16.3 Å². The van der Waals surface area contributed by atoms with Gasteiger partial charge in [-0.05, 0) is 31.0 Å². The summed E-state index contributed by atoms with van der Waals surface area (Å²) in [4.78, 5) is 23.6. The number of hydrogen-bond donors (Lipinski definition) is 4. The Labute approximate surface area is 152 Å². The quantitative estimate of drug-likeness (QED) is 0.619. The first-order valence-corrected chi connectivity index (χ1v) is 8.65. The van der Waals surface area contributed by atoms with Crippen molar-refractivity contribution in [1.29, 1.82) is 0 Å². The fraction of sp³-hybridized carbons (Fsp3) is 0.529. The molecule has 1 aliphatic rings. The van der Waals surface area contributed by atoms with E-state index in [2.05, 4.69) is 16.0 Å². The number of carbonyl (C=O) groups excluding carboxylic acids is 2. The number of methoxy groups -OCH3 is 1. The Bertz CT molecular complexity index is 618. The first-order chi connectivity index (χ1) is 11.9. The number of ether oxygens (including phenoxy) is 1. The Kier molecular flexibility index (Phi) is 7.04. The number of urea groups is 1. The summed E-state index contributed by atoms with van der Waals surface area (Å²) in [6.07, 6.45) is 4.43. The Hall–Kier alpha value is -1.83. The van der Waals surface area contributed by atoms with Gasteiger partial charge in [-0.25, -0.2) is 4.79 Å². The average molecular weight is 370 g/mol. The van der Waals surface area contributed by atoms with Crippen LogP contribution in [-0.2, 0) is 9.53 Å². The Balaban J connectivity index is 1.91. The monoisotopic (exact) mass is 369 g/mol. The highest BCUT2D eigenvalue weighted by Gasteiger charge is 2.29. The van der Waals surface area contributed by atoms with E-state index in [1.54, 1.807) is 18.2 Å². The van der Waals surface area contributed by atoms with E-state index in [1.165, 1.54) is 7.11 Å². The largest absolute Gasteiger partial charge is 0.388 e. The van der Waals surface area contributed by atoms with E-state index in [-0.39, 0.29) is 19.1 Å². The zero-order valence-corrected chi connectivity index (χ0v) is 15.0. The van der Waals surface area contributed by atoms with Crippen molar-refractivity contribution in [2.45, 2.75) is 37.7 Å². The summed E-state index contributed by atoms with van der Waals surface area (Å²) in [6.45, 7) is 0.130. The minimum Gasteiger partial charge on any atom is -0.388 e. The van der Waals surface area contributed by atoms with E-state index in [0.717, 1.165) is 19.3 Å². The molecule has 0 saturated heterocycles. The third-order valence-electron chi connectivity index (χ3n) is 4.14. The molecule has 7 nitrogen and oxygen atoms in total. The van der Waals surface area contributed by atoms with Crippen molar-refractivity contribution in [2.75, 3.05) is 30.9 Å². The first-order valence-electron chi connectivity index (χ1n) is 8.27. The van der Waals surface area contributed by atoms with Crippen molar-refractivity contribution >= 4 is 34.9 Å². The van der Waals surface area contributed by atoms with Crippen molar-refractivity contribution in [1.82, 2.24) is 5.32 Å². The van der Waals surface area contributed by atoms with Crippen molar-refractivity contribution in [2.24, 2.45) is 0 Å². The summed E-state index contributed by atoms with van der Waals surface area (Å²) in [7, 11) is 1.43. The molecular weight excluding hydrogens is 346 g/mol. The van der Waals surface area contributed by atoms with E-state index in [4.69, 9.17) is 16.3 Å². The maximum absolute atomic E-state index is 12.1. The summed E-state index contributed by atoms with van der Waals surface area (Å²) >= 11 is 6.08. The lowest BCUT2D eigenvalue weighted by Gasteiger charge is -2.32. The van der Waals surface area contributed by atoms with Gasteiger partial charge in [0.2, 0.25) is 5.91 Å². The molecule has 4 N–H and O–H groups in total. The normalized spacial score (nSPS) is 16.1. The smallest absolute Gasteiger partial charge is 0.319 e. The summed E-state index contributed by atoms with van der Waals surface area (Å²) in [5.41, 5.74) is 0.0210. The van der Waals surface area contributed by atoms with Crippen LogP contribution in [0, 0.1) is 0 Å². The molecule has 3 amide bonds. The van der Waals surface area contributed by atoms with Gasteiger partial charge in [-0.2, -0.15) is 0 Å². The van der Waals surface area contributed by atoms with Gasteiger partial charge >= 0.3 is 6.03 Å². The van der Waals surface area contributed by atoms with Crippen LogP contribution in [0.3, 0.4) is 0 Å². The van der Waals surface area contributed by atoms with E-state index >= 15 is 0 Å². The van der Waals surface area contributed by atoms with Crippen molar-refractivity contribution in [3.63, 3.8) is 0 Å². The van der Waals surface area contributed by atoms with E-state index in [1.807, 2.05) is 0 Å². The fourth-order valence-electron chi connectivity index (χ4n) is 2.82. The molecule has 8 heteroatoms. The Morgan fingerprint density at radius 2 is 1.96 bits per heavy atom. The number of halogens is 1. The van der Waals surface area contributed by atoms with Crippen LogP contribution < -0.4 is 16.0 Å². The lowest BCUT2D eigenvalue weighted by atomic mass is 9.85. The van der Waals surface area contributed by atoms with Gasteiger partial charge in [-0.15, -0.1) is 0 Å². The van der Waals surface area contributed by atoms with Crippen LogP contribution in [0.4, 0.5) is 16.2 Å². The van der Waals surface area contributed by atoms with Gasteiger partial charge in [-0.1, -0.05) is 30.9 Å². The summed E-state index contributed by atoms with van der Waals surface area (Å²) in [5.74, 6) is -0.306. The maximum Gasteiger partial charge on any atom is 0.319 e. The number of aliphatic hydroxyl groups is 1. The van der Waals surface area contributed by atoms with Crippen molar-refractivity contribution < 1.29 is 19.4 Å². The van der Waals surface area contributed by atoms with E-state index < -0.39 is 11.6 Å². The number of carbonyl (C=O) groups is 2. The van der Waals surface area contributed by atoms with Crippen LogP contribution in [0.15, 0.2) is 18.2 Å². The highest BCUT2D eigenvalue weighted by Crippen LogP contribution is 2.28. The van der Waals surface area contributed by atoms with Gasteiger partial charge < -0.3 is 25.8 Å².